The summed E-state index contributed by atoms with van der Waals surface area (Å²) in [5, 5.41) is 36.8. The van der Waals surface area contributed by atoms with Crippen molar-refractivity contribution in [1.29, 1.82) is 0 Å². The lowest BCUT2D eigenvalue weighted by Crippen LogP contribution is -2.20. The third-order valence-electron chi connectivity index (χ3n) is 3.83. The van der Waals surface area contributed by atoms with Gasteiger partial charge in [-0.2, -0.15) is 5.10 Å². The van der Waals surface area contributed by atoms with Crippen LogP contribution in [0.1, 0.15) is 22.8 Å². The molecular weight excluding hydrogens is 384 g/mol. The molecule has 1 N–H and O–H groups in total. The van der Waals surface area contributed by atoms with Crippen LogP contribution >= 0.6 is 0 Å². The molecule has 2 aromatic carbocycles. The number of benzene rings is 2. The molecule has 1 heterocycles. The van der Waals surface area contributed by atoms with E-state index in [2.05, 4.69) is 26.1 Å². The molecule has 0 fully saturated rings. The number of rotatable bonds is 6. The first kappa shape index (κ1) is 19.2. The summed E-state index contributed by atoms with van der Waals surface area (Å²) < 4.78 is 1.43. The third kappa shape index (κ3) is 4.24. The number of aromatic nitrogens is 4. The first-order valence-corrected chi connectivity index (χ1v) is 7.98. The molecule has 0 radical (unpaired) electrons. The highest BCUT2D eigenvalue weighted by Gasteiger charge is 2.23. The molecule has 0 atom stereocenters. The van der Waals surface area contributed by atoms with Crippen LogP contribution in [-0.2, 0) is 0 Å². The molecule has 0 saturated heterocycles. The van der Waals surface area contributed by atoms with Crippen molar-refractivity contribution in [2.24, 2.45) is 5.10 Å². The lowest BCUT2D eigenvalue weighted by molar-refractivity contribution is -0.389. The van der Waals surface area contributed by atoms with E-state index in [9.17, 15) is 25.0 Å². The Morgan fingerprint density at radius 2 is 1.93 bits per heavy atom. The fraction of sp³-hybridized carbons (Fsp3) is 0.0625. The fourth-order valence-corrected chi connectivity index (χ4v) is 2.39. The van der Waals surface area contributed by atoms with Crippen LogP contribution in [0.3, 0.4) is 0 Å². The highest BCUT2D eigenvalue weighted by atomic mass is 16.6. The van der Waals surface area contributed by atoms with Crippen LogP contribution in [0.2, 0.25) is 0 Å². The summed E-state index contributed by atoms with van der Waals surface area (Å²) in [7, 11) is 0. The Hall–Kier alpha value is -4.55. The quantitative estimate of drug-likeness (QED) is 0.372. The number of non-ortho nitro benzene ring substituents is 1. The van der Waals surface area contributed by atoms with Gasteiger partial charge in [-0.05, 0) is 35.0 Å². The van der Waals surface area contributed by atoms with Crippen molar-refractivity contribution in [3.8, 4) is 5.69 Å². The highest BCUT2D eigenvalue weighted by Crippen LogP contribution is 2.24. The molecule has 1 aromatic heterocycles. The van der Waals surface area contributed by atoms with E-state index in [1.807, 2.05) is 0 Å². The zero-order valence-electron chi connectivity index (χ0n) is 14.8. The second-order valence-electron chi connectivity index (χ2n) is 5.66. The number of hydrogen-bond acceptors (Lipinski definition) is 9. The van der Waals surface area contributed by atoms with Crippen LogP contribution < -0.4 is 5.43 Å². The van der Waals surface area contributed by atoms with Gasteiger partial charge in [-0.15, -0.1) is 5.10 Å². The van der Waals surface area contributed by atoms with Gasteiger partial charge in [0.05, 0.1) is 21.2 Å². The Labute approximate surface area is 162 Å². The molecule has 0 spiro atoms. The van der Waals surface area contributed by atoms with Gasteiger partial charge in [0, 0.05) is 18.2 Å². The number of tetrazole rings is 1. The van der Waals surface area contributed by atoms with E-state index in [1.54, 1.807) is 31.2 Å². The highest BCUT2D eigenvalue weighted by molar-refractivity contribution is 6.02. The lowest BCUT2D eigenvalue weighted by Gasteiger charge is -2.06. The molecular formula is C16H12N8O5. The number of nitrogens with zero attached hydrogens (tertiary/aromatic N) is 7. The second-order valence-corrected chi connectivity index (χ2v) is 5.66. The van der Waals surface area contributed by atoms with Gasteiger partial charge in [-0.3, -0.25) is 25.0 Å². The summed E-state index contributed by atoms with van der Waals surface area (Å²) in [6.45, 7) is 1.61. The Morgan fingerprint density at radius 1 is 1.14 bits per heavy atom. The Kier molecular flexibility index (Phi) is 5.30. The largest absolute Gasteiger partial charge is 0.282 e. The van der Waals surface area contributed by atoms with Crippen molar-refractivity contribution in [2.75, 3.05) is 0 Å². The number of nitro benzene ring substituents is 2. The Morgan fingerprint density at radius 3 is 2.59 bits per heavy atom. The van der Waals surface area contributed by atoms with E-state index in [0.29, 0.717) is 17.0 Å². The molecule has 146 valence electrons. The normalized spacial score (nSPS) is 11.1. The van der Waals surface area contributed by atoms with Crippen molar-refractivity contribution < 1.29 is 14.6 Å². The lowest BCUT2D eigenvalue weighted by atomic mass is 10.1. The number of hydrogen-bond donors (Lipinski definition) is 1. The van der Waals surface area contributed by atoms with Crippen molar-refractivity contribution >= 4 is 23.0 Å². The fourth-order valence-electron chi connectivity index (χ4n) is 2.39. The molecule has 3 aromatic rings. The summed E-state index contributed by atoms with van der Waals surface area (Å²) in [5.41, 5.74) is 2.38. The summed E-state index contributed by atoms with van der Waals surface area (Å²) in [6.07, 6.45) is 1.41. The summed E-state index contributed by atoms with van der Waals surface area (Å²) in [6, 6.07) is 9.63. The molecule has 1 amide bonds. The van der Waals surface area contributed by atoms with Gasteiger partial charge in [0.1, 0.15) is 11.9 Å². The first-order chi connectivity index (χ1) is 13.9. The Bertz CT molecular complexity index is 1130. The van der Waals surface area contributed by atoms with E-state index < -0.39 is 32.7 Å². The molecule has 29 heavy (non-hydrogen) atoms. The number of nitro groups is 2. The zero-order chi connectivity index (χ0) is 21.0. The molecule has 3 rings (SSSR count). The Balaban J connectivity index is 1.85. The van der Waals surface area contributed by atoms with Gasteiger partial charge >= 0.3 is 0 Å². The maximum atomic E-state index is 12.4. The monoisotopic (exact) mass is 396 g/mol. The van der Waals surface area contributed by atoms with Gasteiger partial charge in [0.15, 0.2) is 0 Å². The third-order valence-corrected chi connectivity index (χ3v) is 3.83. The smallest absolute Gasteiger partial charge is 0.267 e. The topological polar surface area (TPSA) is 171 Å². The van der Waals surface area contributed by atoms with Crippen molar-refractivity contribution in [1.82, 2.24) is 25.6 Å². The number of amides is 1. The van der Waals surface area contributed by atoms with Crippen molar-refractivity contribution in [3.05, 3.63) is 80.1 Å². The molecule has 0 aliphatic carbocycles. The minimum atomic E-state index is -0.948. The molecule has 0 aliphatic heterocycles. The van der Waals surface area contributed by atoms with Crippen LogP contribution in [0.4, 0.5) is 11.4 Å². The van der Waals surface area contributed by atoms with Crippen molar-refractivity contribution in [2.45, 2.75) is 6.92 Å². The van der Waals surface area contributed by atoms with Crippen LogP contribution in [0.25, 0.3) is 5.69 Å². The predicted molar refractivity (Wildman–Crippen MR) is 98.6 cm³/mol. The van der Waals surface area contributed by atoms with E-state index in [4.69, 9.17) is 0 Å². The van der Waals surface area contributed by atoms with Crippen LogP contribution in [-0.4, -0.2) is 41.7 Å². The molecule has 0 bridgehead atoms. The van der Waals surface area contributed by atoms with Gasteiger partial charge < -0.3 is 0 Å². The molecule has 13 heteroatoms. The molecule has 0 unspecified atom stereocenters. The maximum absolute atomic E-state index is 12.4. The minimum Gasteiger partial charge on any atom is -0.267 e. The van der Waals surface area contributed by atoms with Gasteiger partial charge in [0.25, 0.3) is 17.3 Å². The minimum absolute atomic E-state index is 0.390. The van der Waals surface area contributed by atoms with Crippen molar-refractivity contribution in [3.63, 3.8) is 0 Å². The van der Waals surface area contributed by atoms with E-state index in [-0.39, 0.29) is 0 Å². The summed E-state index contributed by atoms with van der Waals surface area (Å²) >= 11 is 0. The second kappa shape index (κ2) is 7.99. The maximum Gasteiger partial charge on any atom is 0.282 e. The zero-order valence-corrected chi connectivity index (χ0v) is 14.8. The van der Waals surface area contributed by atoms with Gasteiger partial charge in [-0.1, -0.05) is 12.1 Å². The van der Waals surface area contributed by atoms with E-state index >= 15 is 0 Å². The van der Waals surface area contributed by atoms with Crippen LogP contribution in [0.15, 0.2) is 53.9 Å². The first-order valence-electron chi connectivity index (χ1n) is 7.98. The van der Waals surface area contributed by atoms with E-state index in [1.165, 1.54) is 11.0 Å². The van der Waals surface area contributed by atoms with Crippen LogP contribution in [0, 0.1) is 20.2 Å². The number of hydrazone groups is 1. The van der Waals surface area contributed by atoms with E-state index in [0.717, 1.165) is 18.2 Å². The molecule has 0 saturated carbocycles. The SMILES string of the molecule is C/C(=N/NC(=O)c1cc([N+](=O)[O-])ccc1[N+](=O)[O-])c1cccc(-n2cnnn2)c1. The number of carbonyl (C=O) groups excluding carboxylic acids is 1. The standard InChI is InChI=1S/C16H12N8O5/c1-10(11-3-2-4-12(7-11)22-9-17-20-21-22)18-19-16(25)14-8-13(23(26)27)5-6-15(14)24(28)29/h2-9H,1H3,(H,19,25)/b18-10-. The van der Waals surface area contributed by atoms with Gasteiger partial charge in [-0.25, -0.2) is 10.1 Å². The summed E-state index contributed by atoms with van der Waals surface area (Å²) in [5.74, 6) is -0.948. The van der Waals surface area contributed by atoms with Crippen LogP contribution in [0.5, 0.6) is 0 Å². The average molecular weight is 396 g/mol. The number of carbonyl (C=O) groups is 1. The van der Waals surface area contributed by atoms with Gasteiger partial charge in [0.2, 0.25) is 0 Å². The molecule has 13 nitrogen and oxygen atoms in total. The summed E-state index contributed by atoms with van der Waals surface area (Å²) in [4.78, 5) is 32.8. The predicted octanol–water partition coefficient (Wildman–Crippen LogP) is 1.63. The average Bonchev–Trinajstić information content (AvgIpc) is 3.26. The number of nitrogens with one attached hydrogen (secondary N) is 1. The molecule has 0 aliphatic rings.